The van der Waals surface area contributed by atoms with Gasteiger partial charge in [0.2, 0.25) is 0 Å². The van der Waals surface area contributed by atoms with Gasteiger partial charge in [-0.1, -0.05) is 24.3 Å². The Bertz CT molecular complexity index is 1100. The SMILES string of the molecule is COC(=O)COc1ccc(C2CCC(NC(C)c3ccc(F)c4cc(F)ccc34)C2)cc1. The summed E-state index contributed by atoms with van der Waals surface area (Å²) < 4.78 is 37.8. The van der Waals surface area contributed by atoms with Crippen molar-refractivity contribution >= 4 is 16.7 Å². The number of carbonyl (C=O) groups is 1. The molecule has 3 unspecified atom stereocenters. The van der Waals surface area contributed by atoms with E-state index < -0.39 is 17.6 Å². The van der Waals surface area contributed by atoms with Gasteiger partial charge in [-0.25, -0.2) is 13.6 Å². The first-order valence-corrected chi connectivity index (χ1v) is 10.9. The Labute approximate surface area is 186 Å². The number of benzene rings is 3. The summed E-state index contributed by atoms with van der Waals surface area (Å²) >= 11 is 0. The van der Waals surface area contributed by atoms with Crippen molar-refractivity contribution in [2.24, 2.45) is 0 Å². The lowest BCUT2D eigenvalue weighted by molar-refractivity contribution is -0.142. The molecule has 168 valence electrons. The fraction of sp³-hybridized carbons (Fsp3) is 0.346. The summed E-state index contributed by atoms with van der Waals surface area (Å²) in [4.78, 5) is 11.2. The zero-order chi connectivity index (χ0) is 22.7. The second-order valence-corrected chi connectivity index (χ2v) is 8.36. The first kappa shape index (κ1) is 22.2. The van der Waals surface area contributed by atoms with E-state index in [-0.39, 0.29) is 12.6 Å². The predicted molar refractivity (Wildman–Crippen MR) is 120 cm³/mol. The van der Waals surface area contributed by atoms with Crippen molar-refractivity contribution < 1.29 is 23.0 Å². The van der Waals surface area contributed by atoms with Crippen LogP contribution >= 0.6 is 0 Å². The second kappa shape index (κ2) is 9.65. The fourth-order valence-corrected chi connectivity index (χ4v) is 4.60. The Morgan fingerprint density at radius 1 is 1.06 bits per heavy atom. The maximum Gasteiger partial charge on any atom is 0.343 e. The van der Waals surface area contributed by atoms with Gasteiger partial charge in [-0.05, 0) is 78.9 Å². The van der Waals surface area contributed by atoms with Crippen molar-refractivity contribution in [3.63, 3.8) is 0 Å². The maximum absolute atomic E-state index is 14.2. The van der Waals surface area contributed by atoms with Crippen LogP contribution in [0.15, 0.2) is 54.6 Å². The number of halogens is 2. The van der Waals surface area contributed by atoms with Gasteiger partial charge in [0.25, 0.3) is 0 Å². The standard InChI is InChI=1S/C26H27F2NO3/c1-16(22-11-12-25(28)24-14-19(27)6-10-23(22)24)29-20-7-3-18(13-20)17-4-8-21(9-5-17)32-15-26(30)31-2/h4-6,8-12,14,16,18,20,29H,3,7,13,15H2,1-2H3. The minimum atomic E-state index is -0.436. The van der Waals surface area contributed by atoms with E-state index in [0.717, 1.165) is 30.2 Å². The number of hydrogen-bond acceptors (Lipinski definition) is 4. The highest BCUT2D eigenvalue weighted by atomic mass is 19.1. The molecule has 1 fully saturated rings. The van der Waals surface area contributed by atoms with Crippen LogP contribution in [-0.4, -0.2) is 25.7 Å². The molecule has 4 rings (SSSR count). The second-order valence-electron chi connectivity index (χ2n) is 8.36. The van der Waals surface area contributed by atoms with Crippen molar-refractivity contribution in [3.8, 4) is 5.75 Å². The Hall–Kier alpha value is -2.99. The number of ether oxygens (including phenoxy) is 2. The van der Waals surface area contributed by atoms with E-state index >= 15 is 0 Å². The fourth-order valence-electron chi connectivity index (χ4n) is 4.60. The number of esters is 1. The Balaban J connectivity index is 1.39. The first-order valence-electron chi connectivity index (χ1n) is 10.9. The highest BCUT2D eigenvalue weighted by Crippen LogP contribution is 2.37. The molecule has 0 spiro atoms. The zero-order valence-corrected chi connectivity index (χ0v) is 18.2. The Morgan fingerprint density at radius 3 is 2.59 bits per heavy atom. The molecule has 0 bridgehead atoms. The highest BCUT2D eigenvalue weighted by Gasteiger charge is 2.27. The molecule has 3 aromatic rings. The normalized spacial score (nSPS) is 19.1. The van der Waals surface area contributed by atoms with E-state index in [2.05, 4.69) is 17.0 Å². The summed E-state index contributed by atoms with van der Waals surface area (Å²) in [7, 11) is 1.33. The van der Waals surface area contributed by atoms with Gasteiger partial charge in [0.1, 0.15) is 17.4 Å². The highest BCUT2D eigenvalue weighted by molar-refractivity contribution is 5.86. The summed E-state index contributed by atoms with van der Waals surface area (Å²) in [6.45, 7) is 1.96. The Morgan fingerprint density at radius 2 is 1.84 bits per heavy atom. The minimum Gasteiger partial charge on any atom is -0.482 e. The molecule has 0 aromatic heterocycles. The predicted octanol–water partition coefficient (Wildman–Crippen LogP) is 5.66. The first-order chi connectivity index (χ1) is 15.4. The van der Waals surface area contributed by atoms with Crippen LogP contribution in [0.1, 0.15) is 49.3 Å². The van der Waals surface area contributed by atoms with Crippen LogP contribution in [0.5, 0.6) is 5.75 Å². The third-order valence-electron chi connectivity index (χ3n) is 6.28. The van der Waals surface area contributed by atoms with E-state index in [4.69, 9.17) is 4.74 Å². The summed E-state index contributed by atoms with van der Waals surface area (Å²) in [6.07, 6.45) is 3.12. The smallest absolute Gasteiger partial charge is 0.343 e. The van der Waals surface area contributed by atoms with Crippen LogP contribution in [0.4, 0.5) is 8.78 Å². The molecule has 0 saturated heterocycles. The molecule has 3 atom stereocenters. The molecule has 1 N–H and O–H groups in total. The van der Waals surface area contributed by atoms with Gasteiger partial charge in [-0.2, -0.15) is 0 Å². The lowest BCUT2D eigenvalue weighted by Gasteiger charge is -2.22. The molecule has 6 heteroatoms. The van der Waals surface area contributed by atoms with Gasteiger partial charge < -0.3 is 14.8 Å². The average molecular weight is 440 g/mol. The molecular formula is C26H27F2NO3. The van der Waals surface area contributed by atoms with Gasteiger partial charge >= 0.3 is 5.97 Å². The monoisotopic (exact) mass is 439 g/mol. The van der Waals surface area contributed by atoms with Gasteiger partial charge in [-0.15, -0.1) is 0 Å². The summed E-state index contributed by atoms with van der Waals surface area (Å²) in [5.74, 6) is -0.176. The van der Waals surface area contributed by atoms with E-state index in [1.165, 1.54) is 30.9 Å². The van der Waals surface area contributed by atoms with E-state index in [1.807, 2.05) is 24.3 Å². The van der Waals surface area contributed by atoms with Gasteiger partial charge in [-0.3, -0.25) is 0 Å². The summed E-state index contributed by atoms with van der Waals surface area (Å²) in [6, 6.07) is 15.7. The quantitative estimate of drug-likeness (QED) is 0.483. The van der Waals surface area contributed by atoms with Crippen molar-refractivity contribution in [1.82, 2.24) is 5.32 Å². The molecule has 0 amide bonds. The lowest BCUT2D eigenvalue weighted by atomic mass is 9.96. The van der Waals surface area contributed by atoms with Crippen molar-refractivity contribution in [3.05, 3.63) is 77.4 Å². The number of rotatable bonds is 7. The molecule has 32 heavy (non-hydrogen) atoms. The third-order valence-corrected chi connectivity index (χ3v) is 6.28. The van der Waals surface area contributed by atoms with Crippen LogP contribution < -0.4 is 10.1 Å². The number of fused-ring (bicyclic) bond motifs is 1. The number of hydrogen-bond donors (Lipinski definition) is 1. The number of carbonyl (C=O) groups excluding carboxylic acids is 1. The molecule has 0 aliphatic heterocycles. The van der Waals surface area contributed by atoms with Crippen LogP contribution in [0.25, 0.3) is 10.8 Å². The minimum absolute atomic E-state index is 0.0152. The third kappa shape index (κ3) is 4.91. The van der Waals surface area contributed by atoms with Gasteiger partial charge in [0.15, 0.2) is 6.61 Å². The average Bonchev–Trinajstić information content (AvgIpc) is 3.26. The van der Waals surface area contributed by atoms with E-state index in [1.54, 1.807) is 12.1 Å². The van der Waals surface area contributed by atoms with Gasteiger partial charge in [0.05, 0.1) is 7.11 Å². The molecular weight excluding hydrogens is 412 g/mol. The molecule has 0 heterocycles. The number of methoxy groups -OCH3 is 1. The summed E-state index contributed by atoms with van der Waals surface area (Å²) in [5.41, 5.74) is 2.21. The van der Waals surface area contributed by atoms with Gasteiger partial charge in [0, 0.05) is 17.5 Å². The largest absolute Gasteiger partial charge is 0.482 e. The molecule has 1 aliphatic carbocycles. The van der Waals surface area contributed by atoms with Crippen LogP contribution in [0, 0.1) is 11.6 Å². The van der Waals surface area contributed by atoms with E-state index in [0.29, 0.717) is 23.1 Å². The molecule has 4 nitrogen and oxygen atoms in total. The van der Waals surface area contributed by atoms with E-state index in [9.17, 15) is 13.6 Å². The van der Waals surface area contributed by atoms with Crippen LogP contribution in [-0.2, 0) is 9.53 Å². The molecule has 1 aliphatic rings. The molecule has 3 aromatic carbocycles. The van der Waals surface area contributed by atoms with Crippen LogP contribution in [0.3, 0.4) is 0 Å². The summed E-state index contributed by atoms with van der Waals surface area (Å²) in [5, 5.41) is 4.73. The molecule has 0 radical (unpaired) electrons. The van der Waals surface area contributed by atoms with Crippen molar-refractivity contribution in [2.45, 2.75) is 44.2 Å². The topological polar surface area (TPSA) is 47.6 Å². The molecule has 1 saturated carbocycles. The number of nitrogens with one attached hydrogen (secondary N) is 1. The Kier molecular flexibility index (Phi) is 6.70. The maximum atomic E-state index is 14.2. The zero-order valence-electron chi connectivity index (χ0n) is 18.2. The lowest BCUT2D eigenvalue weighted by Crippen LogP contribution is -2.29. The van der Waals surface area contributed by atoms with Crippen molar-refractivity contribution in [1.29, 1.82) is 0 Å². The van der Waals surface area contributed by atoms with Crippen molar-refractivity contribution in [2.75, 3.05) is 13.7 Å². The van der Waals surface area contributed by atoms with Crippen LogP contribution in [0.2, 0.25) is 0 Å².